The molecule has 1 aromatic heterocycles. The Morgan fingerprint density at radius 2 is 2.16 bits per heavy atom. The average Bonchev–Trinajstić information content (AvgIpc) is 2.93. The number of amides is 1. The molecule has 1 amide bonds. The van der Waals surface area contributed by atoms with Crippen LogP contribution in [0.15, 0.2) is 42.7 Å². The number of ether oxygens (including phenoxy) is 1. The van der Waals surface area contributed by atoms with E-state index in [1.54, 1.807) is 18.0 Å². The van der Waals surface area contributed by atoms with Crippen LogP contribution < -0.4 is 10.1 Å². The summed E-state index contributed by atoms with van der Waals surface area (Å²) in [6, 6.07) is 9.36. The van der Waals surface area contributed by atoms with Crippen molar-refractivity contribution in [3.8, 4) is 5.75 Å². The van der Waals surface area contributed by atoms with E-state index in [0.29, 0.717) is 19.5 Å². The Labute approximate surface area is 112 Å². The van der Waals surface area contributed by atoms with Gasteiger partial charge in [0, 0.05) is 18.9 Å². The molecule has 5 nitrogen and oxygen atoms in total. The lowest BCUT2D eigenvalue weighted by atomic mass is 10.1. The zero-order valence-corrected chi connectivity index (χ0v) is 10.9. The number of aromatic nitrogens is 2. The number of benzene rings is 1. The number of nitrogens with zero attached hydrogens (tertiary/aromatic N) is 2. The van der Waals surface area contributed by atoms with Crippen LogP contribution in [0, 0.1) is 0 Å². The highest BCUT2D eigenvalue weighted by atomic mass is 16.5. The molecule has 0 fully saturated rings. The minimum Gasteiger partial charge on any atom is -0.497 e. The Kier molecular flexibility index (Phi) is 4.55. The molecule has 0 aliphatic heterocycles. The van der Waals surface area contributed by atoms with E-state index in [-0.39, 0.29) is 5.91 Å². The van der Waals surface area contributed by atoms with Crippen LogP contribution in [0.4, 0.5) is 0 Å². The molecule has 0 unspecified atom stereocenters. The van der Waals surface area contributed by atoms with Crippen LogP contribution in [0.5, 0.6) is 5.75 Å². The summed E-state index contributed by atoms with van der Waals surface area (Å²) in [6.45, 7) is 1.26. The second-order valence-electron chi connectivity index (χ2n) is 4.14. The largest absolute Gasteiger partial charge is 0.497 e. The standard InChI is InChI=1S/C14H17N3O2/c1-19-13-5-3-12(4-6-13)11-14(18)15-8-10-17-9-2-7-16-17/h2-7,9H,8,10-11H2,1H3,(H,15,18). The Bertz CT molecular complexity index is 506. The fourth-order valence-corrected chi connectivity index (χ4v) is 1.73. The average molecular weight is 259 g/mol. The summed E-state index contributed by atoms with van der Waals surface area (Å²) in [5, 5.41) is 6.93. The van der Waals surface area contributed by atoms with Crippen LogP contribution >= 0.6 is 0 Å². The van der Waals surface area contributed by atoms with Crippen molar-refractivity contribution in [3.05, 3.63) is 48.3 Å². The van der Waals surface area contributed by atoms with Gasteiger partial charge in [-0.3, -0.25) is 9.48 Å². The number of nitrogens with one attached hydrogen (secondary N) is 1. The first-order valence-corrected chi connectivity index (χ1v) is 6.15. The first kappa shape index (κ1) is 13.1. The number of hydrogen-bond donors (Lipinski definition) is 1. The fraction of sp³-hybridized carbons (Fsp3) is 0.286. The second kappa shape index (κ2) is 6.58. The van der Waals surface area contributed by atoms with Crippen molar-refractivity contribution in [1.82, 2.24) is 15.1 Å². The van der Waals surface area contributed by atoms with E-state index in [1.807, 2.05) is 36.5 Å². The van der Waals surface area contributed by atoms with E-state index >= 15 is 0 Å². The van der Waals surface area contributed by atoms with E-state index in [1.165, 1.54) is 0 Å². The van der Waals surface area contributed by atoms with Crippen molar-refractivity contribution >= 4 is 5.91 Å². The predicted molar refractivity (Wildman–Crippen MR) is 71.9 cm³/mol. The van der Waals surface area contributed by atoms with Crippen LogP contribution in [0.25, 0.3) is 0 Å². The molecule has 5 heteroatoms. The summed E-state index contributed by atoms with van der Waals surface area (Å²) in [7, 11) is 1.62. The lowest BCUT2D eigenvalue weighted by Gasteiger charge is -2.06. The van der Waals surface area contributed by atoms with Crippen LogP contribution in [-0.4, -0.2) is 29.3 Å². The van der Waals surface area contributed by atoms with Gasteiger partial charge in [0.05, 0.1) is 20.1 Å². The molecule has 0 spiro atoms. The van der Waals surface area contributed by atoms with Gasteiger partial charge in [-0.2, -0.15) is 5.10 Å². The molecule has 1 aromatic carbocycles. The Morgan fingerprint density at radius 3 is 2.79 bits per heavy atom. The summed E-state index contributed by atoms with van der Waals surface area (Å²) >= 11 is 0. The van der Waals surface area contributed by atoms with Crippen molar-refractivity contribution in [2.75, 3.05) is 13.7 Å². The van der Waals surface area contributed by atoms with Gasteiger partial charge in [-0.05, 0) is 23.8 Å². The summed E-state index contributed by atoms with van der Waals surface area (Å²) < 4.78 is 6.86. The van der Waals surface area contributed by atoms with Crippen molar-refractivity contribution in [3.63, 3.8) is 0 Å². The van der Waals surface area contributed by atoms with Crippen LogP contribution in [0.2, 0.25) is 0 Å². The Balaban J connectivity index is 1.74. The highest BCUT2D eigenvalue weighted by molar-refractivity contribution is 5.78. The first-order valence-electron chi connectivity index (χ1n) is 6.15. The minimum absolute atomic E-state index is 0.0114. The zero-order valence-electron chi connectivity index (χ0n) is 10.9. The first-order chi connectivity index (χ1) is 9.28. The van der Waals surface area contributed by atoms with Gasteiger partial charge in [0.25, 0.3) is 0 Å². The molecule has 2 rings (SSSR count). The van der Waals surface area contributed by atoms with E-state index in [2.05, 4.69) is 10.4 Å². The molecule has 19 heavy (non-hydrogen) atoms. The molecule has 0 radical (unpaired) electrons. The van der Waals surface area contributed by atoms with Crippen molar-refractivity contribution in [1.29, 1.82) is 0 Å². The maximum Gasteiger partial charge on any atom is 0.224 e. The van der Waals surface area contributed by atoms with E-state index in [9.17, 15) is 4.79 Å². The highest BCUT2D eigenvalue weighted by Gasteiger charge is 2.03. The van der Waals surface area contributed by atoms with E-state index in [0.717, 1.165) is 11.3 Å². The lowest BCUT2D eigenvalue weighted by molar-refractivity contribution is -0.120. The molecule has 1 N–H and O–H groups in total. The number of carbonyl (C=O) groups is 1. The molecule has 0 aliphatic rings. The van der Waals surface area contributed by atoms with Crippen molar-refractivity contribution in [2.45, 2.75) is 13.0 Å². The van der Waals surface area contributed by atoms with Gasteiger partial charge in [-0.25, -0.2) is 0 Å². The normalized spacial score (nSPS) is 10.2. The highest BCUT2D eigenvalue weighted by Crippen LogP contribution is 2.11. The molecule has 0 aliphatic carbocycles. The monoisotopic (exact) mass is 259 g/mol. The van der Waals surface area contributed by atoms with Gasteiger partial charge in [0.1, 0.15) is 5.75 Å². The molecular formula is C14H17N3O2. The van der Waals surface area contributed by atoms with Gasteiger partial charge in [0.15, 0.2) is 0 Å². The van der Waals surface area contributed by atoms with Crippen LogP contribution in [0.3, 0.4) is 0 Å². The molecule has 100 valence electrons. The molecule has 1 heterocycles. The van der Waals surface area contributed by atoms with Crippen molar-refractivity contribution in [2.24, 2.45) is 0 Å². The predicted octanol–water partition coefficient (Wildman–Crippen LogP) is 1.25. The Morgan fingerprint density at radius 1 is 1.37 bits per heavy atom. The third-order valence-corrected chi connectivity index (χ3v) is 2.75. The topological polar surface area (TPSA) is 56.1 Å². The zero-order chi connectivity index (χ0) is 13.5. The fourth-order valence-electron chi connectivity index (χ4n) is 1.73. The molecule has 0 saturated carbocycles. The third-order valence-electron chi connectivity index (χ3n) is 2.75. The van der Waals surface area contributed by atoms with Crippen LogP contribution in [0.1, 0.15) is 5.56 Å². The van der Waals surface area contributed by atoms with Gasteiger partial charge in [-0.1, -0.05) is 12.1 Å². The van der Waals surface area contributed by atoms with Gasteiger partial charge < -0.3 is 10.1 Å². The van der Waals surface area contributed by atoms with Gasteiger partial charge >= 0.3 is 0 Å². The maximum absolute atomic E-state index is 11.7. The summed E-state index contributed by atoms with van der Waals surface area (Å²) in [6.07, 6.45) is 3.97. The van der Waals surface area contributed by atoms with Crippen LogP contribution in [-0.2, 0) is 17.8 Å². The summed E-state index contributed by atoms with van der Waals surface area (Å²) in [4.78, 5) is 11.7. The number of hydrogen-bond acceptors (Lipinski definition) is 3. The maximum atomic E-state index is 11.7. The second-order valence-corrected chi connectivity index (χ2v) is 4.14. The van der Waals surface area contributed by atoms with E-state index < -0.39 is 0 Å². The molecule has 2 aromatic rings. The lowest BCUT2D eigenvalue weighted by Crippen LogP contribution is -2.28. The van der Waals surface area contributed by atoms with Crippen molar-refractivity contribution < 1.29 is 9.53 Å². The van der Waals surface area contributed by atoms with Gasteiger partial charge in [0.2, 0.25) is 5.91 Å². The number of carbonyl (C=O) groups excluding carboxylic acids is 1. The van der Waals surface area contributed by atoms with Gasteiger partial charge in [-0.15, -0.1) is 0 Å². The summed E-state index contributed by atoms with van der Waals surface area (Å²) in [5.41, 5.74) is 0.970. The molecule has 0 atom stereocenters. The number of rotatable bonds is 6. The molecule has 0 bridgehead atoms. The number of methoxy groups -OCH3 is 1. The SMILES string of the molecule is COc1ccc(CC(=O)NCCn2cccn2)cc1. The smallest absolute Gasteiger partial charge is 0.224 e. The quantitative estimate of drug-likeness (QED) is 0.849. The minimum atomic E-state index is 0.0114. The van der Waals surface area contributed by atoms with E-state index in [4.69, 9.17) is 4.74 Å². The Hall–Kier alpha value is -2.30. The summed E-state index contributed by atoms with van der Waals surface area (Å²) in [5.74, 6) is 0.806. The molecular weight excluding hydrogens is 242 g/mol. The molecule has 0 saturated heterocycles. The third kappa shape index (κ3) is 4.13.